The number of amides is 1. The lowest BCUT2D eigenvalue weighted by Gasteiger charge is -2.39. The number of morpholine rings is 1. The number of hydrogen-bond donors (Lipinski definition) is 1. The maximum Gasteiger partial charge on any atom is 0.253 e. The maximum absolute atomic E-state index is 12.4. The third-order valence-corrected chi connectivity index (χ3v) is 4.69. The molecule has 0 aromatic heterocycles. The van der Waals surface area contributed by atoms with Crippen LogP contribution in [0.5, 0.6) is 0 Å². The minimum atomic E-state index is -0.294. The van der Waals surface area contributed by atoms with Crippen molar-refractivity contribution in [2.45, 2.75) is 25.0 Å². The van der Waals surface area contributed by atoms with E-state index in [0.717, 1.165) is 32.5 Å². The average molecular weight is 376 g/mol. The monoisotopic (exact) mass is 375 g/mol. The van der Waals surface area contributed by atoms with Crippen LogP contribution in [-0.4, -0.2) is 62.8 Å². The Morgan fingerprint density at radius 3 is 2.46 bits per heavy atom. The van der Waals surface area contributed by atoms with Gasteiger partial charge in [-0.05, 0) is 25.0 Å². The molecule has 2 fully saturated rings. The van der Waals surface area contributed by atoms with E-state index in [9.17, 15) is 4.79 Å². The van der Waals surface area contributed by atoms with E-state index < -0.39 is 0 Å². The number of rotatable bonds is 3. The molecule has 1 amide bonds. The Morgan fingerprint density at radius 2 is 1.88 bits per heavy atom. The highest BCUT2D eigenvalue weighted by Crippen LogP contribution is 2.22. The summed E-state index contributed by atoms with van der Waals surface area (Å²) in [4.78, 5) is 16.7. The Labute approximate surface area is 156 Å². The summed E-state index contributed by atoms with van der Waals surface area (Å²) in [6.45, 7) is 3.75. The Bertz CT molecular complexity index is 490. The largest absolute Gasteiger partial charge is 0.371 e. The minimum absolute atomic E-state index is 0. The lowest BCUT2D eigenvalue weighted by atomic mass is 10.0. The molecule has 1 atom stereocenters. The molecule has 3 rings (SSSR count). The first-order chi connectivity index (χ1) is 10.8. The van der Waals surface area contributed by atoms with Crippen molar-refractivity contribution >= 4 is 36.4 Å². The molecule has 0 saturated carbocycles. The van der Waals surface area contributed by atoms with Gasteiger partial charge in [0.1, 0.15) is 6.10 Å². The fourth-order valence-corrected chi connectivity index (χ4v) is 3.28. The van der Waals surface area contributed by atoms with Gasteiger partial charge in [0.25, 0.3) is 5.91 Å². The van der Waals surface area contributed by atoms with Crippen molar-refractivity contribution in [1.29, 1.82) is 0 Å². The highest BCUT2D eigenvalue weighted by Gasteiger charge is 2.30. The van der Waals surface area contributed by atoms with Crippen LogP contribution >= 0.6 is 24.8 Å². The number of nitrogens with zero attached hydrogens (tertiary/aromatic N) is 2. The smallest absolute Gasteiger partial charge is 0.253 e. The molecule has 136 valence electrons. The number of carbonyl (C=O) groups is 1. The molecule has 1 aromatic carbocycles. The highest BCUT2D eigenvalue weighted by atomic mass is 35.5. The van der Waals surface area contributed by atoms with Gasteiger partial charge in [0.15, 0.2) is 0 Å². The van der Waals surface area contributed by atoms with E-state index in [1.807, 2.05) is 11.0 Å². The summed E-state index contributed by atoms with van der Waals surface area (Å²) in [5, 5.41) is 3.22. The topological polar surface area (TPSA) is 44.8 Å². The minimum Gasteiger partial charge on any atom is -0.371 e. The molecular formula is C17H27Cl2N3O2. The zero-order chi connectivity index (χ0) is 15.4. The molecule has 2 aliphatic rings. The number of halogens is 2. The van der Waals surface area contributed by atoms with Crippen LogP contribution in [0.15, 0.2) is 30.3 Å². The number of hydrogen-bond acceptors (Lipinski definition) is 4. The van der Waals surface area contributed by atoms with E-state index >= 15 is 0 Å². The SMILES string of the molecule is CN(c1ccccc1)C1CCN(C(=O)C2CNCCO2)CC1.Cl.Cl. The van der Waals surface area contributed by atoms with Crippen LogP contribution in [0, 0.1) is 0 Å². The van der Waals surface area contributed by atoms with Crippen LogP contribution in [-0.2, 0) is 9.53 Å². The molecule has 2 aliphatic heterocycles. The van der Waals surface area contributed by atoms with Crippen molar-refractivity contribution < 1.29 is 9.53 Å². The number of ether oxygens (including phenoxy) is 1. The first-order valence-corrected chi connectivity index (χ1v) is 8.14. The number of carbonyl (C=O) groups excluding carboxylic acids is 1. The fourth-order valence-electron chi connectivity index (χ4n) is 3.28. The number of likely N-dealkylation sites (tertiary alicyclic amines) is 1. The summed E-state index contributed by atoms with van der Waals surface area (Å²) in [6, 6.07) is 10.9. The van der Waals surface area contributed by atoms with E-state index in [-0.39, 0.29) is 36.8 Å². The van der Waals surface area contributed by atoms with Crippen molar-refractivity contribution in [3.8, 4) is 0 Å². The van der Waals surface area contributed by atoms with Gasteiger partial charge in [-0.3, -0.25) is 4.79 Å². The number of para-hydroxylation sites is 1. The second kappa shape index (κ2) is 10.1. The van der Waals surface area contributed by atoms with E-state index in [4.69, 9.17) is 4.74 Å². The molecule has 0 bridgehead atoms. The first kappa shape index (κ1) is 21.0. The van der Waals surface area contributed by atoms with Crippen molar-refractivity contribution in [2.24, 2.45) is 0 Å². The lowest BCUT2D eigenvalue weighted by molar-refractivity contribution is -0.146. The molecule has 24 heavy (non-hydrogen) atoms. The molecule has 0 spiro atoms. The zero-order valence-electron chi connectivity index (χ0n) is 14.0. The molecule has 0 radical (unpaired) electrons. The van der Waals surface area contributed by atoms with E-state index in [1.165, 1.54) is 5.69 Å². The summed E-state index contributed by atoms with van der Waals surface area (Å²) < 4.78 is 5.57. The van der Waals surface area contributed by atoms with Crippen molar-refractivity contribution in [3.05, 3.63) is 30.3 Å². The molecular weight excluding hydrogens is 349 g/mol. The predicted octanol–water partition coefficient (Wildman–Crippen LogP) is 1.95. The zero-order valence-corrected chi connectivity index (χ0v) is 15.7. The molecule has 0 aliphatic carbocycles. The Hall–Kier alpha value is -1.01. The van der Waals surface area contributed by atoms with Crippen molar-refractivity contribution in [2.75, 3.05) is 44.7 Å². The summed E-state index contributed by atoms with van der Waals surface area (Å²) in [5.74, 6) is 0.146. The van der Waals surface area contributed by atoms with Gasteiger partial charge in [0.2, 0.25) is 0 Å². The average Bonchev–Trinajstić information content (AvgIpc) is 2.62. The third kappa shape index (κ3) is 4.99. The second-order valence-corrected chi connectivity index (χ2v) is 6.07. The molecule has 1 N–H and O–H groups in total. The molecule has 1 aromatic rings. The molecule has 2 saturated heterocycles. The molecule has 5 nitrogen and oxygen atoms in total. The van der Waals surface area contributed by atoms with Crippen molar-refractivity contribution in [3.63, 3.8) is 0 Å². The quantitative estimate of drug-likeness (QED) is 0.876. The van der Waals surface area contributed by atoms with Gasteiger partial charge >= 0.3 is 0 Å². The van der Waals surface area contributed by atoms with Crippen LogP contribution in [0.3, 0.4) is 0 Å². The Balaban J connectivity index is 0.00000144. The van der Waals surface area contributed by atoms with Crippen LogP contribution in [0.25, 0.3) is 0 Å². The van der Waals surface area contributed by atoms with Crippen LogP contribution in [0.2, 0.25) is 0 Å². The number of anilines is 1. The first-order valence-electron chi connectivity index (χ1n) is 8.14. The molecule has 1 unspecified atom stereocenters. The van der Waals surface area contributed by atoms with Crippen LogP contribution in [0.4, 0.5) is 5.69 Å². The highest BCUT2D eigenvalue weighted by molar-refractivity contribution is 5.85. The van der Waals surface area contributed by atoms with Gasteiger partial charge in [-0.25, -0.2) is 0 Å². The standard InChI is InChI=1S/C17H25N3O2.2ClH/c1-19(14-5-3-2-4-6-14)15-7-10-20(11-8-15)17(21)16-13-18-9-12-22-16;;/h2-6,15-16,18H,7-13H2,1H3;2*1H. The van der Waals surface area contributed by atoms with Crippen LogP contribution in [0.1, 0.15) is 12.8 Å². The molecule has 7 heteroatoms. The lowest BCUT2D eigenvalue weighted by Crippen LogP contribution is -2.53. The van der Waals surface area contributed by atoms with Gasteiger partial charge in [-0.15, -0.1) is 24.8 Å². The van der Waals surface area contributed by atoms with Crippen LogP contribution < -0.4 is 10.2 Å². The third-order valence-electron chi connectivity index (χ3n) is 4.69. The predicted molar refractivity (Wildman–Crippen MR) is 102 cm³/mol. The van der Waals surface area contributed by atoms with Gasteiger partial charge in [0, 0.05) is 45.0 Å². The number of piperidine rings is 1. The number of benzene rings is 1. The van der Waals surface area contributed by atoms with Gasteiger partial charge in [-0.2, -0.15) is 0 Å². The Morgan fingerprint density at radius 1 is 1.21 bits per heavy atom. The van der Waals surface area contributed by atoms with Crippen molar-refractivity contribution in [1.82, 2.24) is 10.2 Å². The fraction of sp³-hybridized carbons (Fsp3) is 0.588. The van der Waals surface area contributed by atoms with Gasteiger partial charge in [0.05, 0.1) is 6.61 Å². The van der Waals surface area contributed by atoms with Gasteiger partial charge < -0.3 is 19.9 Å². The summed E-state index contributed by atoms with van der Waals surface area (Å²) in [5.41, 5.74) is 1.24. The molecule has 2 heterocycles. The van der Waals surface area contributed by atoms with Gasteiger partial charge in [-0.1, -0.05) is 18.2 Å². The summed E-state index contributed by atoms with van der Waals surface area (Å²) >= 11 is 0. The Kier molecular flexibility index (Phi) is 8.84. The van der Waals surface area contributed by atoms with E-state index in [1.54, 1.807) is 0 Å². The number of nitrogens with one attached hydrogen (secondary N) is 1. The second-order valence-electron chi connectivity index (χ2n) is 6.07. The summed E-state index contributed by atoms with van der Waals surface area (Å²) in [7, 11) is 2.14. The normalized spacial score (nSPS) is 21.4. The summed E-state index contributed by atoms with van der Waals surface area (Å²) in [6.07, 6.45) is 1.73. The maximum atomic E-state index is 12.4. The van der Waals surface area contributed by atoms with E-state index in [0.29, 0.717) is 19.2 Å². The van der Waals surface area contributed by atoms with E-state index in [2.05, 4.69) is 41.5 Å².